The molecule has 0 spiro atoms. The molecule has 0 fully saturated rings. The van der Waals surface area contributed by atoms with Gasteiger partial charge in [-0.05, 0) is 30.4 Å². The number of carbonyl (C=O) groups is 1. The number of likely N-dealkylation sites (N-methyl/N-ethyl adjacent to an activating group) is 1. The van der Waals surface area contributed by atoms with E-state index in [-0.39, 0.29) is 32.2 Å². The minimum atomic E-state index is -4.22. The zero-order valence-corrected chi connectivity index (χ0v) is 28.1. The van der Waals surface area contributed by atoms with Crippen LogP contribution in [0.2, 0.25) is 0 Å². The fourth-order valence-corrected chi connectivity index (χ4v) is 5.13. The minimum Gasteiger partial charge on any atom is -0.453 e. The number of nitrogens with zero attached hydrogens (tertiary/aromatic N) is 1. The molecule has 2 rings (SSSR count). The van der Waals surface area contributed by atoms with Crippen molar-refractivity contribution in [3.63, 3.8) is 0 Å². The molecule has 0 amide bonds. The minimum absolute atomic E-state index is 0.100. The molecule has 0 bridgehead atoms. The second kappa shape index (κ2) is 21.6. The van der Waals surface area contributed by atoms with Crippen LogP contribution >= 0.6 is 7.82 Å². The van der Waals surface area contributed by atoms with Crippen LogP contribution in [0.3, 0.4) is 0 Å². The van der Waals surface area contributed by atoms with Crippen LogP contribution in [0.25, 0.3) is 0 Å². The van der Waals surface area contributed by atoms with Gasteiger partial charge in [0, 0.05) is 19.6 Å². The van der Waals surface area contributed by atoms with Crippen molar-refractivity contribution in [3.05, 3.63) is 71.8 Å². The average molecular weight is 637 g/mol. The molecule has 0 aromatic heterocycles. The molecule has 0 radical (unpaired) electrons. The first-order chi connectivity index (χ1) is 21.1. The highest BCUT2D eigenvalue weighted by Crippen LogP contribution is 2.43. The number of quaternary nitrogens is 1. The molecule has 1 unspecified atom stereocenters. The second-order valence-corrected chi connectivity index (χ2v) is 13.5. The lowest BCUT2D eigenvalue weighted by atomic mass is 10.0. The molecule has 10 heteroatoms. The lowest BCUT2D eigenvalue weighted by molar-refractivity contribution is -0.870. The number of rotatable bonds is 25. The van der Waals surface area contributed by atoms with Crippen LogP contribution < -0.4 is 0 Å². The predicted molar refractivity (Wildman–Crippen MR) is 173 cm³/mol. The lowest BCUT2D eigenvalue weighted by Gasteiger charge is -2.24. The maximum atomic E-state index is 12.8. The van der Waals surface area contributed by atoms with Crippen molar-refractivity contribution in [2.24, 2.45) is 0 Å². The molecule has 9 nitrogen and oxygen atoms in total. The normalized spacial score (nSPS) is 14.0. The van der Waals surface area contributed by atoms with E-state index < -0.39 is 20.0 Å². The van der Waals surface area contributed by atoms with Gasteiger partial charge in [0.25, 0.3) is 0 Å². The van der Waals surface area contributed by atoms with Crippen LogP contribution in [0.4, 0.5) is 0 Å². The van der Waals surface area contributed by atoms with Crippen molar-refractivity contribution in [2.75, 3.05) is 60.7 Å². The van der Waals surface area contributed by atoms with Gasteiger partial charge in [-0.3, -0.25) is 13.8 Å². The Labute approximate surface area is 265 Å². The number of hydrogen-bond acceptors (Lipinski definition) is 7. The van der Waals surface area contributed by atoms with E-state index in [1.54, 1.807) is 0 Å². The van der Waals surface area contributed by atoms with E-state index in [1.165, 1.54) is 25.7 Å². The van der Waals surface area contributed by atoms with Crippen molar-refractivity contribution >= 4 is 13.8 Å². The summed E-state index contributed by atoms with van der Waals surface area (Å²) in [6.07, 6.45) is 7.41. The number of ether oxygens (including phenoxy) is 3. The van der Waals surface area contributed by atoms with Crippen LogP contribution in [0.15, 0.2) is 60.7 Å². The molecular formula is C34H55NO8P+. The Morgan fingerprint density at radius 1 is 0.773 bits per heavy atom. The predicted octanol–water partition coefficient (Wildman–Crippen LogP) is 7.09. The summed E-state index contributed by atoms with van der Waals surface area (Å²) in [5.74, 6) is -0.280. The Balaban J connectivity index is 1.79. The fraction of sp³-hybridized carbons (Fsp3) is 0.618. The topological polar surface area (TPSA) is 101 Å². The van der Waals surface area contributed by atoms with Crippen LogP contribution in [0.5, 0.6) is 0 Å². The number of esters is 1. The van der Waals surface area contributed by atoms with Crippen molar-refractivity contribution in [1.29, 1.82) is 0 Å². The molecule has 0 saturated heterocycles. The van der Waals surface area contributed by atoms with Crippen molar-refractivity contribution in [2.45, 2.75) is 76.9 Å². The van der Waals surface area contributed by atoms with Crippen molar-refractivity contribution < 1.29 is 42.0 Å². The van der Waals surface area contributed by atoms with Crippen LogP contribution in [-0.4, -0.2) is 82.2 Å². The number of carbonyl (C=O) groups excluding carboxylic acids is 1. The largest absolute Gasteiger partial charge is 0.472 e. The molecule has 2 aromatic carbocycles. The highest BCUT2D eigenvalue weighted by atomic mass is 31.2. The summed E-state index contributed by atoms with van der Waals surface area (Å²) in [7, 11) is 1.70. The highest BCUT2D eigenvalue weighted by Gasteiger charge is 2.25. The monoisotopic (exact) mass is 636 g/mol. The molecule has 2 atom stereocenters. The first kappa shape index (κ1) is 38.1. The number of unbranched alkanes of at least 4 members (excludes halogenated alkanes) is 6. The van der Waals surface area contributed by atoms with Crippen molar-refractivity contribution in [1.82, 2.24) is 0 Å². The SMILES string of the molecule is CCCCCCCCOC[C@H](COP(=O)(O)OCC[N+](C)(C)C)OCCCCC(=O)OC(c1ccccc1)c1ccccc1. The first-order valence-electron chi connectivity index (χ1n) is 16.0. The summed E-state index contributed by atoms with van der Waals surface area (Å²) in [5.41, 5.74) is 1.84. The molecule has 44 heavy (non-hydrogen) atoms. The van der Waals surface area contributed by atoms with Gasteiger partial charge < -0.3 is 23.6 Å². The molecule has 0 aliphatic heterocycles. The number of phosphoric ester groups is 1. The summed E-state index contributed by atoms with van der Waals surface area (Å²) in [5, 5.41) is 0. The van der Waals surface area contributed by atoms with Gasteiger partial charge in [0.2, 0.25) is 0 Å². The van der Waals surface area contributed by atoms with Gasteiger partial charge >= 0.3 is 13.8 Å². The van der Waals surface area contributed by atoms with Gasteiger partial charge in [-0.25, -0.2) is 4.57 Å². The quantitative estimate of drug-likeness (QED) is 0.0534. The lowest BCUT2D eigenvalue weighted by Crippen LogP contribution is -2.37. The van der Waals surface area contributed by atoms with Crippen LogP contribution in [0, 0.1) is 0 Å². The molecule has 0 saturated carbocycles. The third-order valence-electron chi connectivity index (χ3n) is 6.97. The van der Waals surface area contributed by atoms with E-state index >= 15 is 0 Å². The zero-order chi connectivity index (χ0) is 32.1. The van der Waals surface area contributed by atoms with E-state index in [2.05, 4.69) is 6.92 Å². The summed E-state index contributed by atoms with van der Waals surface area (Å²) in [6.45, 7) is 3.92. The number of benzene rings is 2. The number of phosphoric acid groups is 1. The second-order valence-electron chi connectivity index (χ2n) is 12.1. The van der Waals surface area contributed by atoms with E-state index in [0.29, 0.717) is 37.1 Å². The molecular weight excluding hydrogens is 581 g/mol. The summed E-state index contributed by atoms with van der Waals surface area (Å²) in [4.78, 5) is 22.9. The summed E-state index contributed by atoms with van der Waals surface area (Å²) in [6, 6.07) is 19.4. The Kier molecular flexibility index (Phi) is 18.7. The van der Waals surface area contributed by atoms with Gasteiger partial charge in [0.1, 0.15) is 19.3 Å². The molecule has 1 N–H and O–H groups in total. The standard InChI is InChI=1S/C34H54NO8P/c1-5-6-7-8-9-17-25-39-28-32(29-42-44(37,38)41-27-24-35(2,3)4)40-26-18-16-23-33(36)43-34(30-19-12-10-13-20-30)31-21-14-11-15-22-31/h10-15,19-22,32,34H,5-9,16-18,23-29H2,1-4H3/p+1/t32-/m1/s1. The molecule has 248 valence electrons. The Morgan fingerprint density at radius 3 is 1.98 bits per heavy atom. The molecule has 0 heterocycles. The third-order valence-corrected chi connectivity index (χ3v) is 7.95. The summed E-state index contributed by atoms with van der Waals surface area (Å²) < 4.78 is 41.1. The van der Waals surface area contributed by atoms with Gasteiger partial charge in [-0.1, -0.05) is 99.7 Å². The van der Waals surface area contributed by atoms with Crippen molar-refractivity contribution in [3.8, 4) is 0 Å². The first-order valence-corrected chi connectivity index (χ1v) is 17.5. The maximum absolute atomic E-state index is 12.8. The van der Waals surface area contributed by atoms with Gasteiger partial charge in [0.15, 0.2) is 6.10 Å². The highest BCUT2D eigenvalue weighted by molar-refractivity contribution is 7.47. The Bertz CT molecular complexity index is 1020. The van der Waals surface area contributed by atoms with E-state index in [4.69, 9.17) is 23.3 Å². The molecule has 2 aromatic rings. The Hall–Kier alpha value is -2.10. The van der Waals surface area contributed by atoms with Gasteiger partial charge in [-0.15, -0.1) is 0 Å². The van der Waals surface area contributed by atoms with Gasteiger partial charge in [0.05, 0.1) is 34.4 Å². The molecule has 0 aliphatic rings. The maximum Gasteiger partial charge on any atom is 0.472 e. The Morgan fingerprint density at radius 2 is 1.36 bits per heavy atom. The van der Waals surface area contributed by atoms with E-state index in [0.717, 1.165) is 24.0 Å². The number of hydrogen-bond donors (Lipinski definition) is 1. The smallest absolute Gasteiger partial charge is 0.453 e. The summed E-state index contributed by atoms with van der Waals surface area (Å²) >= 11 is 0. The fourth-order valence-electron chi connectivity index (χ4n) is 4.38. The van der Waals surface area contributed by atoms with Gasteiger partial charge in [-0.2, -0.15) is 0 Å². The van der Waals surface area contributed by atoms with Crippen LogP contribution in [0.1, 0.15) is 81.9 Å². The third kappa shape index (κ3) is 18.0. The van der Waals surface area contributed by atoms with Crippen LogP contribution in [-0.2, 0) is 32.6 Å². The zero-order valence-electron chi connectivity index (χ0n) is 27.2. The average Bonchev–Trinajstić information content (AvgIpc) is 2.99. The van der Waals surface area contributed by atoms with E-state index in [9.17, 15) is 14.3 Å². The molecule has 0 aliphatic carbocycles. The van der Waals surface area contributed by atoms with E-state index in [1.807, 2.05) is 81.8 Å².